The van der Waals surface area contributed by atoms with Crippen LogP contribution < -0.4 is 0 Å². The molecule has 4 nitrogen and oxygen atoms in total. The van der Waals surface area contributed by atoms with Gasteiger partial charge in [-0.1, -0.05) is 30.3 Å². The standard InChI is InChI=1S/C11H14O4S/c1-14-11(15-2)8-16(12,13)10(11)9-6-4-3-5-7-9/h3-7,10H,8H2,1-2H3. The average molecular weight is 242 g/mol. The Bertz CT molecular complexity index is 462. The highest BCUT2D eigenvalue weighted by Crippen LogP contribution is 2.47. The topological polar surface area (TPSA) is 52.6 Å². The largest absolute Gasteiger partial charge is 0.351 e. The molecule has 1 heterocycles. The van der Waals surface area contributed by atoms with E-state index in [2.05, 4.69) is 0 Å². The normalized spacial score (nSPS) is 26.0. The Labute approximate surface area is 95.1 Å². The number of rotatable bonds is 3. The first-order chi connectivity index (χ1) is 7.56. The van der Waals surface area contributed by atoms with E-state index >= 15 is 0 Å². The van der Waals surface area contributed by atoms with Crippen molar-refractivity contribution in [3.8, 4) is 0 Å². The maximum Gasteiger partial charge on any atom is 0.202 e. The minimum atomic E-state index is -3.16. The average Bonchev–Trinajstić information content (AvgIpc) is 2.27. The van der Waals surface area contributed by atoms with Gasteiger partial charge in [0.2, 0.25) is 5.79 Å². The molecule has 1 fully saturated rings. The third-order valence-electron chi connectivity index (χ3n) is 2.95. The lowest BCUT2D eigenvalue weighted by Gasteiger charge is -2.45. The first kappa shape index (κ1) is 11.6. The molecule has 0 bridgehead atoms. The lowest BCUT2D eigenvalue weighted by Crippen LogP contribution is -2.59. The van der Waals surface area contributed by atoms with Crippen LogP contribution in [0.4, 0.5) is 0 Å². The molecule has 1 aromatic rings. The van der Waals surface area contributed by atoms with E-state index in [4.69, 9.17) is 9.47 Å². The molecule has 0 radical (unpaired) electrons. The summed E-state index contributed by atoms with van der Waals surface area (Å²) in [7, 11) is -0.224. The molecule has 88 valence electrons. The summed E-state index contributed by atoms with van der Waals surface area (Å²) in [5.74, 6) is -1.12. The molecule has 0 N–H and O–H groups in total. The van der Waals surface area contributed by atoms with Gasteiger partial charge >= 0.3 is 0 Å². The second-order valence-corrected chi connectivity index (χ2v) is 5.90. The first-order valence-electron chi connectivity index (χ1n) is 4.92. The Balaban J connectivity index is 2.44. The summed E-state index contributed by atoms with van der Waals surface area (Å²) in [6.07, 6.45) is 0. The van der Waals surface area contributed by atoms with Crippen LogP contribution in [0.2, 0.25) is 0 Å². The van der Waals surface area contributed by atoms with E-state index in [0.29, 0.717) is 5.56 Å². The van der Waals surface area contributed by atoms with E-state index in [1.807, 2.05) is 6.07 Å². The summed E-state index contributed by atoms with van der Waals surface area (Å²) in [4.78, 5) is 0. The van der Waals surface area contributed by atoms with Crippen LogP contribution in [0.5, 0.6) is 0 Å². The van der Waals surface area contributed by atoms with Crippen LogP contribution in [0.3, 0.4) is 0 Å². The maximum atomic E-state index is 11.8. The van der Waals surface area contributed by atoms with Crippen molar-refractivity contribution in [3.63, 3.8) is 0 Å². The number of benzene rings is 1. The van der Waals surface area contributed by atoms with Gasteiger partial charge in [-0.25, -0.2) is 8.42 Å². The second-order valence-electron chi connectivity index (χ2n) is 3.82. The number of sulfone groups is 1. The van der Waals surface area contributed by atoms with E-state index in [0.717, 1.165) is 0 Å². The van der Waals surface area contributed by atoms with Crippen LogP contribution in [-0.2, 0) is 19.3 Å². The fourth-order valence-electron chi connectivity index (χ4n) is 2.12. The van der Waals surface area contributed by atoms with Gasteiger partial charge in [-0.15, -0.1) is 0 Å². The van der Waals surface area contributed by atoms with Crippen molar-refractivity contribution in [1.82, 2.24) is 0 Å². The lowest BCUT2D eigenvalue weighted by atomic mass is 10.0. The van der Waals surface area contributed by atoms with E-state index in [1.54, 1.807) is 24.3 Å². The third-order valence-corrected chi connectivity index (χ3v) is 5.11. The third kappa shape index (κ3) is 1.55. The van der Waals surface area contributed by atoms with Crippen molar-refractivity contribution in [2.24, 2.45) is 0 Å². The summed E-state index contributed by atoms with van der Waals surface area (Å²) in [6, 6.07) is 9.00. The molecule has 2 rings (SSSR count). The molecule has 1 unspecified atom stereocenters. The minimum absolute atomic E-state index is 0.0907. The zero-order valence-electron chi connectivity index (χ0n) is 9.21. The SMILES string of the molecule is COC1(OC)CS(=O)(=O)C1c1ccccc1. The highest BCUT2D eigenvalue weighted by Gasteiger charge is 2.60. The van der Waals surface area contributed by atoms with Crippen molar-refractivity contribution in [3.05, 3.63) is 35.9 Å². The number of ether oxygens (including phenoxy) is 2. The van der Waals surface area contributed by atoms with Gasteiger partial charge in [0.25, 0.3) is 0 Å². The number of hydrogen-bond donors (Lipinski definition) is 0. The molecule has 1 aliphatic rings. The van der Waals surface area contributed by atoms with Crippen LogP contribution in [0, 0.1) is 0 Å². The molecule has 1 atom stereocenters. The van der Waals surface area contributed by atoms with E-state index < -0.39 is 20.9 Å². The lowest BCUT2D eigenvalue weighted by molar-refractivity contribution is -0.204. The molecular weight excluding hydrogens is 228 g/mol. The molecule has 1 aromatic carbocycles. The van der Waals surface area contributed by atoms with Gasteiger partial charge in [0.05, 0.1) is 0 Å². The van der Waals surface area contributed by atoms with Gasteiger partial charge < -0.3 is 9.47 Å². The van der Waals surface area contributed by atoms with Gasteiger partial charge in [-0.05, 0) is 5.56 Å². The van der Waals surface area contributed by atoms with Gasteiger partial charge in [0, 0.05) is 14.2 Å². The molecule has 0 aromatic heterocycles. The van der Waals surface area contributed by atoms with Crippen molar-refractivity contribution in [2.75, 3.05) is 20.0 Å². The molecule has 1 saturated heterocycles. The minimum Gasteiger partial charge on any atom is -0.351 e. The fraction of sp³-hybridized carbons (Fsp3) is 0.455. The van der Waals surface area contributed by atoms with Crippen molar-refractivity contribution in [1.29, 1.82) is 0 Å². The molecule has 0 spiro atoms. The zero-order chi connectivity index (χ0) is 11.8. The summed E-state index contributed by atoms with van der Waals surface area (Å²) in [6.45, 7) is 0. The van der Waals surface area contributed by atoms with Crippen LogP contribution in [-0.4, -0.2) is 34.2 Å². The highest BCUT2D eigenvalue weighted by atomic mass is 32.2. The predicted molar refractivity (Wildman–Crippen MR) is 59.7 cm³/mol. The van der Waals surface area contributed by atoms with Crippen LogP contribution in [0.1, 0.15) is 10.8 Å². The second kappa shape index (κ2) is 3.84. The smallest absolute Gasteiger partial charge is 0.202 e. The van der Waals surface area contributed by atoms with E-state index in [-0.39, 0.29) is 5.75 Å². The molecule has 0 aliphatic carbocycles. The number of hydrogen-bond acceptors (Lipinski definition) is 4. The Hall–Kier alpha value is -0.910. The van der Waals surface area contributed by atoms with Crippen LogP contribution in [0.25, 0.3) is 0 Å². The van der Waals surface area contributed by atoms with Gasteiger partial charge in [0.1, 0.15) is 11.0 Å². The van der Waals surface area contributed by atoms with E-state index in [9.17, 15) is 8.42 Å². The van der Waals surface area contributed by atoms with Crippen molar-refractivity contribution >= 4 is 9.84 Å². The fourth-order valence-corrected chi connectivity index (χ4v) is 4.35. The molecule has 5 heteroatoms. The van der Waals surface area contributed by atoms with Crippen molar-refractivity contribution < 1.29 is 17.9 Å². The van der Waals surface area contributed by atoms with Crippen LogP contribution >= 0.6 is 0 Å². The molecule has 0 amide bonds. The van der Waals surface area contributed by atoms with Gasteiger partial charge in [-0.2, -0.15) is 0 Å². The first-order valence-corrected chi connectivity index (χ1v) is 6.64. The van der Waals surface area contributed by atoms with Gasteiger partial charge in [-0.3, -0.25) is 0 Å². The molecule has 16 heavy (non-hydrogen) atoms. The summed E-state index contributed by atoms with van der Waals surface area (Å²) in [5, 5.41) is -0.726. The van der Waals surface area contributed by atoms with Crippen molar-refractivity contribution in [2.45, 2.75) is 11.0 Å². The van der Waals surface area contributed by atoms with E-state index in [1.165, 1.54) is 14.2 Å². The quantitative estimate of drug-likeness (QED) is 0.746. The zero-order valence-corrected chi connectivity index (χ0v) is 10.0. The van der Waals surface area contributed by atoms with Crippen LogP contribution in [0.15, 0.2) is 30.3 Å². The Kier molecular flexibility index (Phi) is 2.77. The summed E-state index contributed by atoms with van der Waals surface area (Å²) < 4.78 is 34.0. The molecular formula is C11H14O4S. The Morgan fingerprint density at radius 1 is 1.19 bits per heavy atom. The molecule has 0 saturated carbocycles. The van der Waals surface area contributed by atoms with Gasteiger partial charge in [0.15, 0.2) is 9.84 Å². The number of methoxy groups -OCH3 is 2. The predicted octanol–water partition coefficient (Wildman–Crippen LogP) is 1.15. The molecule has 1 aliphatic heterocycles. The maximum absolute atomic E-state index is 11.8. The summed E-state index contributed by atoms with van der Waals surface area (Å²) in [5.41, 5.74) is 0.706. The highest BCUT2D eigenvalue weighted by molar-refractivity contribution is 7.93. The summed E-state index contributed by atoms with van der Waals surface area (Å²) >= 11 is 0. The Morgan fingerprint density at radius 3 is 2.19 bits per heavy atom. The monoisotopic (exact) mass is 242 g/mol. The Morgan fingerprint density at radius 2 is 1.75 bits per heavy atom.